The Morgan fingerprint density at radius 2 is 2.33 bits per heavy atom. The number of nitrogens with one attached hydrogen (secondary N) is 1. The van der Waals surface area contributed by atoms with E-state index in [1.165, 1.54) is 8.66 Å². The van der Waals surface area contributed by atoms with Gasteiger partial charge in [-0.05, 0) is 53.5 Å². The summed E-state index contributed by atoms with van der Waals surface area (Å²) in [4.78, 5) is 1.42. The molecule has 0 fully saturated rings. The van der Waals surface area contributed by atoms with Gasteiger partial charge in [0.2, 0.25) is 0 Å². The van der Waals surface area contributed by atoms with E-state index >= 15 is 0 Å². The lowest BCUT2D eigenvalue weighted by molar-refractivity contribution is 0.158. The summed E-state index contributed by atoms with van der Waals surface area (Å²) in [7, 11) is 1.75. The molecular weight excluding hydrogens is 274 g/mol. The maximum absolute atomic E-state index is 5.08. The number of thiophene rings is 1. The van der Waals surface area contributed by atoms with Crippen molar-refractivity contribution in [3.8, 4) is 0 Å². The number of halogens is 1. The van der Waals surface area contributed by atoms with E-state index in [0.717, 1.165) is 26.1 Å². The molecule has 0 spiro atoms. The number of rotatable bonds is 7. The van der Waals surface area contributed by atoms with Gasteiger partial charge in [-0.3, -0.25) is 0 Å². The molecule has 1 aromatic heterocycles. The normalized spacial score (nSPS) is 13.0. The van der Waals surface area contributed by atoms with Crippen LogP contribution in [0.3, 0.4) is 0 Å². The first-order valence-electron chi connectivity index (χ1n) is 5.16. The van der Waals surface area contributed by atoms with Crippen LogP contribution in [0.25, 0.3) is 0 Å². The molecule has 0 saturated carbocycles. The van der Waals surface area contributed by atoms with E-state index in [1.807, 2.05) is 11.3 Å². The van der Waals surface area contributed by atoms with Crippen LogP contribution >= 0.6 is 27.3 Å². The van der Waals surface area contributed by atoms with Crippen molar-refractivity contribution in [3.05, 3.63) is 20.8 Å². The van der Waals surface area contributed by atoms with Crippen molar-refractivity contribution in [2.45, 2.75) is 13.3 Å². The molecule has 15 heavy (non-hydrogen) atoms. The molecule has 0 aromatic carbocycles. The molecule has 0 bridgehead atoms. The van der Waals surface area contributed by atoms with Crippen LogP contribution in [0, 0.1) is 5.92 Å². The van der Waals surface area contributed by atoms with Crippen LogP contribution in [0.15, 0.2) is 15.9 Å². The molecule has 1 aromatic rings. The van der Waals surface area contributed by atoms with E-state index in [2.05, 4.69) is 40.3 Å². The molecule has 1 heterocycles. The third-order valence-electron chi connectivity index (χ3n) is 2.12. The van der Waals surface area contributed by atoms with E-state index in [-0.39, 0.29) is 0 Å². The van der Waals surface area contributed by atoms with Crippen LogP contribution in [0.2, 0.25) is 0 Å². The summed E-state index contributed by atoms with van der Waals surface area (Å²) in [6.45, 7) is 5.09. The first-order valence-corrected chi connectivity index (χ1v) is 6.77. The van der Waals surface area contributed by atoms with Crippen molar-refractivity contribution in [2.24, 2.45) is 5.92 Å². The highest BCUT2D eigenvalue weighted by molar-refractivity contribution is 9.11. The third kappa shape index (κ3) is 5.66. The van der Waals surface area contributed by atoms with Gasteiger partial charge in [0.1, 0.15) is 0 Å². The predicted octanol–water partition coefficient (Wildman–Crippen LogP) is 2.93. The number of hydrogen-bond acceptors (Lipinski definition) is 3. The maximum Gasteiger partial charge on any atom is 0.0701 e. The lowest BCUT2D eigenvalue weighted by Gasteiger charge is -2.10. The molecule has 0 aliphatic rings. The van der Waals surface area contributed by atoms with Crippen LogP contribution in [0.5, 0.6) is 0 Å². The monoisotopic (exact) mass is 291 g/mol. The molecule has 1 unspecified atom stereocenters. The van der Waals surface area contributed by atoms with Gasteiger partial charge in [-0.1, -0.05) is 6.92 Å². The lowest BCUT2D eigenvalue weighted by atomic mass is 10.2. The van der Waals surface area contributed by atoms with Crippen LogP contribution in [0.1, 0.15) is 11.8 Å². The van der Waals surface area contributed by atoms with Crippen LogP contribution in [0.4, 0.5) is 0 Å². The van der Waals surface area contributed by atoms with Gasteiger partial charge in [-0.25, -0.2) is 0 Å². The van der Waals surface area contributed by atoms with Crippen LogP contribution in [-0.4, -0.2) is 26.8 Å². The van der Waals surface area contributed by atoms with Crippen molar-refractivity contribution in [1.29, 1.82) is 0 Å². The molecular formula is C11H18BrNOS. The van der Waals surface area contributed by atoms with E-state index < -0.39 is 0 Å². The highest BCUT2D eigenvalue weighted by Crippen LogP contribution is 2.21. The summed E-state index contributed by atoms with van der Waals surface area (Å²) in [5.41, 5.74) is 0. The Bertz CT molecular complexity index is 277. The zero-order valence-corrected chi connectivity index (χ0v) is 11.7. The number of methoxy groups -OCH3 is 1. The minimum absolute atomic E-state index is 0.588. The Morgan fingerprint density at radius 1 is 1.53 bits per heavy atom. The minimum Gasteiger partial charge on any atom is -0.384 e. The molecule has 4 heteroatoms. The largest absolute Gasteiger partial charge is 0.384 e. The highest BCUT2D eigenvalue weighted by Gasteiger charge is 2.01. The second kappa shape index (κ2) is 7.39. The molecule has 0 saturated heterocycles. The zero-order chi connectivity index (χ0) is 11.1. The first-order chi connectivity index (χ1) is 7.22. The summed E-state index contributed by atoms with van der Waals surface area (Å²) in [5, 5.41) is 3.44. The van der Waals surface area contributed by atoms with Crippen LogP contribution in [-0.2, 0) is 11.2 Å². The molecule has 1 rings (SSSR count). The summed E-state index contributed by atoms with van der Waals surface area (Å²) >= 11 is 5.28. The van der Waals surface area contributed by atoms with Crippen molar-refractivity contribution < 1.29 is 4.74 Å². The fourth-order valence-electron chi connectivity index (χ4n) is 1.39. The zero-order valence-electron chi connectivity index (χ0n) is 9.25. The number of hydrogen-bond donors (Lipinski definition) is 1. The quantitative estimate of drug-likeness (QED) is 0.780. The van der Waals surface area contributed by atoms with Crippen molar-refractivity contribution in [3.63, 3.8) is 0 Å². The lowest BCUT2D eigenvalue weighted by Crippen LogP contribution is -2.25. The van der Waals surface area contributed by atoms with E-state index in [4.69, 9.17) is 4.74 Å². The van der Waals surface area contributed by atoms with Gasteiger partial charge in [-0.15, -0.1) is 11.3 Å². The van der Waals surface area contributed by atoms with E-state index in [1.54, 1.807) is 7.11 Å². The second-order valence-corrected chi connectivity index (χ2v) is 6.27. The SMILES string of the molecule is COCC(C)CNCCc1ccc(Br)s1. The van der Waals surface area contributed by atoms with E-state index in [9.17, 15) is 0 Å². The Balaban J connectivity index is 2.06. The summed E-state index contributed by atoms with van der Waals surface area (Å²) in [6, 6.07) is 4.28. The Labute approximate surface area is 104 Å². The molecule has 86 valence electrons. The summed E-state index contributed by atoms with van der Waals surface area (Å²) in [5.74, 6) is 0.588. The minimum atomic E-state index is 0.588. The predicted molar refractivity (Wildman–Crippen MR) is 69.6 cm³/mol. The van der Waals surface area contributed by atoms with Crippen LogP contribution < -0.4 is 5.32 Å². The average Bonchev–Trinajstić information content (AvgIpc) is 2.60. The highest BCUT2D eigenvalue weighted by atomic mass is 79.9. The van der Waals surface area contributed by atoms with Crippen molar-refractivity contribution in [2.75, 3.05) is 26.8 Å². The van der Waals surface area contributed by atoms with Gasteiger partial charge in [-0.2, -0.15) is 0 Å². The topological polar surface area (TPSA) is 21.3 Å². The van der Waals surface area contributed by atoms with E-state index in [0.29, 0.717) is 5.92 Å². The summed E-state index contributed by atoms with van der Waals surface area (Å²) < 4.78 is 6.29. The maximum atomic E-state index is 5.08. The fourth-order valence-corrected chi connectivity index (χ4v) is 2.87. The second-order valence-electron chi connectivity index (χ2n) is 3.72. The molecule has 1 N–H and O–H groups in total. The van der Waals surface area contributed by atoms with Crippen molar-refractivity contribution in [1.82, 2.24) is 5.32 Å². The molecule has 2 nitrogen and oxygen atoms in total. The molecule has 0 aliphatic carbocycles. The fraction of sp³-hybridized carbons (Fsp3) is 0.636. The van der Waals surface area contributed by atoms with Gasteiger partial charge in [0.05, 0.1) is 3.79 Å². The Morgan fingerprint density at radius 3 is 2.93 bits per heavy atom. The van der Waals surface area contributed by atoms with Gasteiger partial charge in [0.25, 0.3) is 0 Å². The Kier molecular flexibility index (Phi) is 6.48. The number of ether oxygens (including phenoxy) is 1. The van der Waals surface area contributed by atoms with Gasteiger partial charge in [0.15, 0.2) is 0 Å². The average molecular weight is 292 g/mol. The summed E-state index contributed by atoms with van der Waals surface area (Å²) in [6.07, 6.45) is 1.11. The molecule has 0 aliphatic heterocycles. The molecule has 1 atom stereocenters. The smallest absolute Gasteiger partial charge is 0.0701 e. The van der Waals surface area contributed by atoms with Gasteiger partial charge in [0, 0.05) is 18.6 Å². The third-order valence-corrected chi connectivity index (χ3v) is 3.80. The molecule has 0 radical (unpaired) electrons. The Hall–Kier alpha value is 0.1000. The molecule has 0 amide bonds. The van der Waals surface area contributed by atoms with Gasteiger partial charge >= 0.3 is 0 Å². The van der Waals surface area contributed by atoms with Gasteiger partial charge < -0.3 is 10.1 Å². The van der Waals surface area contributed by atoms with Crippen molar-refractivity contribution >= 4 is 27.3 Å². The first kappa shape index (κ1) is 13.2. The standard InChI is InChI=1S/C11H18BrNOS/c1-9(8-14-2)7-13-6-5-10-3-4-11(12)15-10/h3-4,9,13H,5-8H2,1-2H3.